The van der Waals surface area contributed by atoms with Gasteiger partial charge in [0, 0.05) is 16.2 Å². The van der Waals surface area contributed by atoms with Crippen molar-refractivity contribution in [3.63, 3.8) is 0 Å². The Labute approximate surface area is 153 Å². The number of benzene rings is 2. The summed E-state index contributed by atoms with van der Waals surface area (Å²) >= 11 is 3.20. The zero-order valence-electron chi connectivity index (χ0n) is 13.7. The van der Waals surface area contributed by atoms with E-state index in [0.717, 1.165) is 0 Å². The Hall–Kier alpha value is -2.28. The minimum absolute atomic E-state index is 0.113. The van der Waals surface area contributed by atoms with Gasteiger partial charge in [0.05, 0.1) is 5.56 Å². The zero-order valence-corrected chi connectivity index (χ0v) is 15.3. The Bertz CT molecular complexity index is 779. The van der Waals surface area contributed by atoms with Gasteiger partial charge in [-0.25, -0.2) is 8.78 Å². The lowest BCUT2D eigenvalue weighted by Gasteiger charge is -2.26. The lowest BCUT2D eigenvalue weighted by atomic mass is 10.1. The van der Waals surface area contributed by atoms with E-state index in [9.17, 15) is 18.4 Å². The fraction of sp³-hybridized carbons (Fsp3) is 0.222. The van der Waals surface area contributed by atoms with E-state index in [1.165, 1.54) is 47.4 Å². The second kappa shape index (κ2) is 8.20. The lowest BCUT2D eigenvalue weighted by molar-refractivity contribution is -0.117. The topological polar surface area (TPSA) is 49.4 Å². The highest BCUT2D eigenvalue weighted by atomic mass is 79.9. The molecule has 0 bridgehead atoms. The molecule has 2 amide bonds. The third kappa shape index (κ3) is 5.09. The predicted octanol–water partition coefficient (Wildman–Crippen LogP) is 4.22. The molecule has 0 spiro atoms. The number of hydrogen-bond acceptors (Lipinski definition) is 2. The highest BCUT2D eigenvalue weighted by molar-refractivity contribution is 9.10. The van der Waals surface area contributed by atoms with Gasteiger partial charge < -0.3 is 10.2 Å². The summed E-state index contributed by atoms with van der Waals surface area (Å²) in [7, 11) is 0. The first-order valence-electron chi connectivity index (χ1n) is 7.59. The minimum Gasteiger partial charge on any atom is -0.327 e. The summed E-state index contributed by atoms with van der Waals surface area (Å²) in [5.41, 5.74) is 0.300. The second-order valence-corrected chi connectivity index (χ2v) is 6.62. The fourth-order valence-electron chi connectivity index (χ4n) is 2.19. The quantitative estimate of drug-likeness (QED) is 0.801. The molecule has 1 N–H and O–H groups in total. The van der Waals surface area contributed by atoms with Crippen LogP contribution < -0.4 is 5.32 Å². The maximum absolute atomic E-state index is 14.0. The van der Waals surface area contributed by atoms with E-state index in [2.05, 4.69) is 21.2 Å². The van der Waals surface area contributed by atoms with Crippen molar-refractivity contribution in [1.82, 2.24) is 4.90 Å². The Morgan fingerprint density at radius 3 is 2.36 bits per heavy atom. The van der Waals surface area contributed by atoms with Crippen LogP contribution in [0.5, 0.6) is 0 Å². The van der Waals surface area contributed by atoms with Crippen molar-refractivity contribution in [3.8, 4) is 0 Å². The van der Waals surface area contributed by atoms with Crippen molar-refractivity contribution in [2.45, 2.75) is 19.9 Å². The van der Waals surface area contributed by atoms with Crippen LogP contribution in [0.2, 0.25) is 0 Å². The van der Waals surface area contributed by atoms with Crippen LogP contribution >= 0.6 is 15.9 Å². The van der Waals surface area contributed by atoms with Crippen molar-refractivity contribution in [3.05, 3.63) is 64.1 Å². The average molecular weight is 411 g/mol. The molecule has 0 saturated heterocycles. The normalized spacial score (nSPS) is 10.6. The second-order valence-electron chi connectivity index (χ2n) is 5.71. The van der Waals surface area contributed by atoms with Gasteiger partial charge in [-0.2, -0.15) is 0 Å². The fourth-order valence-corrected chi connectivity index (χ4v) is 2.55. The third-order valence-electron chi connectivity index (χ3n) is 3.48. The van der Waals surface area contributed by atoms with E-state index in [1.54, 1.807) is 13.8 Å². The minimum atomic E-state index is -0.655. The van der Waals surface area contributed by atoms with Crippen molar-refractivity contribution < 1.29 is 18.4 Å². The first kappa shape index (κ1) is 19.1. The maximum Gasteiger partial charge on any atom is 0.257 e. The van der Waals surface area contributed by atoms with Crippen LogP contribution in [-0.4, -0.2) is 29.3 Å². The van der Waals surface area contributed by atoms with E-state index in [-0.39, 0.29) is 18.2 Å². The van der Waals surface area contributed by atoms with Gasteiger partial charge in [0.1, 0.15) is 18.2 Å². The summed E-state index contributed by atoms with van der Waals surface area (Å²) in [6.07, 6.45) is 0. The molecule has 0 heterocycles. The van der Waals surface area contributed by atoms with Crippen LogP contribution in [-0.2, 0) is 4.79 Å². The van der Waals surface area contributed by atoms with Crippen molar-refractivity contribution in [2.75, 3.05) is 11.9 Å². The number of nitrogens with zero attached hydrogens (tertiary/aromatic N) is 1. The SMILES string of the molecule is CC(C)N(CC(=O)Nc1ccc(F)cc1)C(=O)c1cc(Br)ccc1F. The number of rotatable bonds is 5. The van der Waals surface area contributed by atoms with Crippen LogP contribution in [0.1, 0.15) is 24.2 Å². The van der Waals surface area contributed by atoms with Gasteiger partial charge in [-0.15, -0.1) is 0 Å². The summed E-state index contributed by atoms with van der Waals surface area (Å²) in [6, 6.07) is 9.03. The predicted molar refractivity (Wildman–Crippen MR) is 95.3 cm³/mol. The summed E-state index contributed by atoms with van der Waals surface area (Å²) in [5, 5.41) is 2.58. The molecule has 0 aliphatic heterocycles. The molecule has 0 aliphatic carbocycles. The Balaban J connectivity index is 2.14. The molecule has 2 aromatic rings. The monoisotopic (exact) mass is 410 g/mol. The third-order valence-corrected chi connectivity index (χ3v) is 3.98. The van der Waals surface area contributed by atoms with Gasteiger partial charge in [-0.05, 0) is 56.3 Å². The van der Waals surface area contributed by atoms with Gasteiger partial charge in [-0.3, -0.25) is 9.59 Å². The Morgan fingerprint density at radius 2 is 1.76 bits per heavy atom. The summed E-state index contributed by atoms with van der Waals surface area (Å²) < 4.78 is 27.4. The maximum atomic E-state index is 14.0. The Kier molecular flexibility index (Phi) is 6.25. The molecule has 2 rings (SSSR count). The van der Waals surface area contributed by atoms with Gasteiger partial charge in [-0.1, -0.05) is 15.9 Å². The van der Waals surface area contributed by atoms with Crippen LogP contribution in [0.4, 0.5) is 14.5 Å². The number of amides is 2. The molecule has 0 aliphatic rings. The van der Waals surface area contributed by atoms with Crippen LogP contribution in [0.15, 0.2) is 46.9 Å². The molecule has 0 fully saturated rings. The van der Waals surface area contributed by atoms with Crippen LogP contribution in [0.3, 0.4) is 0 Å². The summed E-state index contributed by atoms with van der Waals surface area (Å²) in [6.45, 7) is 3.22. The summed E-state index contributed by atoms with van der Waals surface area (Å²) in [5.74, 6) is -2.10. The smallest absolute Gasteiger partial charge is 0.257 e. The van der Waals surface area contributed by atoms with Crippen molar-refractivity contribution in [2.24, 2.45) is 0 Å². The number of carbonyl (C=O) groups excluding carboxylic acids is 2. The van der Waals surface area contributed by atoms with Gasteiger partial charge in [0.15, 0.2) is 0 Å². The van der Waals surface area contributed by atoms with E-state index >= 15 is 0 Å². The van der Waals surface area contributed by atoms with E-state index in [1.807, 2.05) is 0 Å². The number of nitrogens with one attached hydrogen (secondary N) is 1. The van der Waals surface area contributed by atoms with Crippen molar-refractivity contribution >= 4 is 33.4 Å². The summed E-state index contributed by atoms with van der Waals surface area (Å²) in [4.78, 5) is 26.1. The van der Waals surface area contributed by atoms with E-state index in [4.69, 9.17) is 0 Å². The highest BCUT2D eigenvalue weighted by Gasteiger charge is 2.24. The largest absolute Gasteiger partial charge is 0.327 e. The van der Waals surface area contributed by atoms with Gasteiger partial charge in [0.2, 0.25) is 5.91 Å². The first-order valence-corrected chi connectivity index (χ1v) is 8.38. The molecule has 4 nitrogen and oxygen atoms in total. The number of hydrogen-bond donors (Lipinski definition) is 1. The lowest BCUT2D eigenvalue weighted by Crippen LogP contribution is -2.42. The molecule has 132 valence electrons. The molecular formula is C18H17BrF2N2O2. The molecule has 0 radical (unpaired) electrons. The molecule has 0 saturated carbocycles. The van der Waals surface area contributed by atoms with Gasteiger partial charge >= 0.3 is 0 Å². The standard InChI is InChI=1S/C18H17BrF2N2O2/c1-11(2)23(18(25)15-9-12(19)3-8-16(15)21)10-17(24)22-14-6-4-13(20)5-7-14/h3-9,11H,10H2,1-2H3,(H,22,24). The van der Waals surface area contributed by atoms with Crippen LogP contribution in [0.25, 0.3) is 0 Å². The molecule has 25 heavy (non-hydrogen) atoms. The number of carbonyl (C=O) groups is 2. The molecule has 0 aromatic heterocycles. The molecular weight excluding hydrogens is 394 g/mol. The Morgan fingerprint density at radius 1 is 1.12 bits per heavy atom. The number of halogens is 3. The molecule has 0 unspecified atom stereocenters. The van der Waals surface area contributed by atoms with Gasteiger partial charge in [0.25, 0.3) is 5.91 Å². The average Bonchev–Trinajstić information content (AvgIpc) is 2.56. The molecule has 0 atom stereocenters. The first-order chi connectivity index (χ1) is 11.8. The van der Waals surface area contributed by atoms with Crippen LogP contribution in [0, 0.1) is 11.6 Å². The van der Waals surface area contributed by atoms with E-state index in [0.29, 0.717) is 10.2 Å². The van der Waals surface area contributed by atoms with E-state index < -0.39 is 23.4 Å². The molecule has 7 heteroatoms. The zero-order chi connectivity index (χ0) is 18.6. The molecule has 2 aromatic carbocycles. The number of anilines is 1. The van der Waals surface area contributed by atoms with Crippen molar-refractivity contribution in [1.29, 1.82) is 0 Å². The highest BCUT2D eigenvalue weighted by Crippen LogP contribution is 2.18.